The predicted octanol–water partition coefficient (Wildman–Crippen LogP) is 14.8. The first-order valence-electron chi connectivity index (χ1n) is 22.4. The van der Waals surface area contributed by atoms with Crippen molar-refractivity contribution in [2.45, 2.75) is 236 Å². The average molecular weight is 671 g/mol. The summed E-state index contributed by atoms with van der Waals surface area (Å²) in [6.07, 6.45) is 47.2. The monoisotopic (exact) mass is 671 g/mol. The minimum Gasteiger partial charge on any atom is -0.362 e. The Bertz CT molecular complexity index is 1020. The van der Waals surface area contributed by atoms with Crippen LogP contribution < -0.4 is 9.80 Å². The van der Waals surface area contributed by atoms with Crippen molar-refractivity contribution < 1.29 is 0 Å². The molecule has 0 amide bonds. The molecule has 276 valence electrons. The normalized spacial score (nSPS) is 26.3. The largest absolute Gasteiger partial charge is 0.362 e. The summed E-state index contributed by atoms with van der Waals surface area (Å²) >= 11 is 0. The zero-order chi connectivity index (χ0) is 33.6. The third-order valence-corrected chi connectivity index (χ3v) is 13.0. The molecule has 3 aliphatic carbocycles. The Labute approximate surface area is 304 Å². The molecular weight excluding hydrogens is 593 g/mol. The molecule has 2 heteroatoms. The van der Waals surface area contributed by atoms with E-state index in [0.717, 1.165) is 0 Å². The van der Waals surface area contributed by atoms with E-state index in [2.05, 4.69) is 58.3 Å². The second kappa shape index (κ2) is 23.7. The minimum absolute atomic E-state index is 0.640. The van der Waals surface area contributed by atoms with Gasteiger partial charge >= 0.3 is 0 Å². The Morgan fingerprint density at radius 2 is 0.490 bits per heavy atom. The molecule has 2 unspecified atom stereocenters. The summed E-state index contributed by atoms with van der Waals surface area (Å²) in [5.74, 6) is 0. The lowest BCUT2D eigenvalue weighted by Gasteiger charge is -2.55. The first-order chi connectivity index (χ1) is 24.4. The summed E-state index contributed by atoms with van der Waals surface area (Å²) in [7, 11) is 0. The molecule has 3 fully saturated rings. The van der Waals surface area contributed by atoms with E-state index in [-0.39, 0.29) is 0 Å². The highest BCUT2D eigenvalue weighted by molar-refractivity contribution is 5.75. The summed E-state index contributed by atoms with van der Waals surface area (Å²) in [6.45, 7) is 0. The molecule has 4 aliphatic rings. The van der Waals surface area contributed by atoms with Crippen molar-refractivity contribution in [2.24, 2.45) is 0 Å². The SMILES string of the molecule is c1ccccc2c(ccc1)N(C1CCCCCCCCCCCC1)C1CCCCCCCCCCC1N2C1CCCCCCCCCCC1. The summed E-state index contributed by atoms with van der Waals surface area (Å²) in [6, 6.07) is 21.6. The van der Waals surface area contributed by atoms with E-state index in [0.29, 0.717) is 24.2 Å². The highest BCUT2D eigenvalue weighted by Crippen LogP contribution is 2.46. The molecular formula is C47H78N2. The Balaban J connectivity index is 1.59. The molecule has 1 aliphatic heterocycles. The number of hydrogen-bond acceptors (Lipinski definition) is 2. The molecule has 2 nitrogen and oxygen atoms in total. The van der Waals surface area contributed by atoms with Crippen LogP contribution in [0, 0.1) is 0 Å². The fourth-order valence-corrected chi connectivity index (χ4v) is 10.3. The lowest BCUT2D eigenvalue weighted by molar-refractivity contribution is 0.303. The van der Waals surface area contributed by atoms with Crippen molar-refractivity contribution in [1.29, 1.82) is 0 Å². The summed E-state index contributed by atoms with van der Waals surface area (Å²) < 4.78 is 0. The van der Waals surface area contributed by atoms with Gasteiger partial charge in [-0.25, -0.2) is 0 Å². The van der Waals surface area contributed by atoms with Crippen LogP contribution in [-0.4, -0.2) is 24.2 Å². The van der Waals surface area contributed by atoms with Gasteiger partial charge in [0, 0.05) is 24.2 Å². The molecule has 0 N–H and O–H groups in total. The summed E-state index contributed by atoms with van der Waals surface area (Å²) in [5, 5.41) is 0. The Hall–Kier alpha value is -1.70. The van der Waals surface area contributed by atoms with Crippen LogP contribution in [0.2, 0.25) is 0 Å². The first kappa shape index (κ1) is 38.5. The highest BCUT2D eigenvalue weighted by Gasteiger charge is 2.43. The van der Waals surface area contributed by atoms with Gasteiger partial charge in [-0.2, -0.15) is 0 Å². The van der Waals surface area contributed by atoms with Gasteiger partial charge in [0.1, 0.15) is 0 Å². The minimum atomic E-state index is 0.640. The molecule has 1 aromatic carbocycles. The Morgan fingerprint density at radius 1 is 0.265 bits per heavy atom. The van der Waals surface area contributed by atoms with Gasteiger partial charge in [-0.1, -0.05) is 210 Å². The maximum Gasteiger partial charge on any atom is 0.0610 e. The molecule has 0 spiro atoms. The summed E-state index contributed by atoms with van der Waals surface area (Å²) in [4.78, 5) is 6.27. The van der Waals surface area contributed by atoms with Crippen molar-refractivity contribution in [1.82, 2.24) is 0 Å². The molecule has 5 rings (SSSR count). The van der Waals surface area contributed by atoms with E-state index in [1.807, 2.05) is 0 Å². The van der Waals surface area contributed by atoms with E-state index in [1.165, 1.54) is 212 Å². The highest BCUT2D eigenvalue weighted by atomic mass is 15.3. The van der Waals surface area contributed by atoms with Gasteiger partial charge in [0.15, 0.2) is 0 Å². The van der Waals surface area contributed by atoms with Crippen LogP contribution in [0.5, 0.6) is 0 Å². The second-order valence-electron chi connectivity index (χ2n) is 16.8. The first-order valence-corrected chi connectivity index (χ1v) is 22.4. The van der Waals surface area contributed by atoms with E-state index in [9.17, 15) is 0 Å². The summed E-state index contributed by atoms with van der Waals surface area (Å²) in [5.41, 5.74) is 3.15. The molecule has 1 aromatic rings. The van der Waals surface area contributed by atoms with E-state index < -0.39 is 0 Å². The van der Waals surface area contributed by atoms with E-state index >= 15 is 0 Å². The van der Waals surface area contributed by atoms with Crippen molar-refractivity contribution in [3.63, 3.8) is 0 Å². The van der Waals surface area contributed by atoms with Crippen LogP contribution in [-0.2, 0) is 0 Å². The molecule has 1 heterocycles. The van der Waals surface area contributed by atoms with Crippen molar-refractivity contribution in [3.05, 3.63) is 48.5 Å². The van der Waals surface area contributed by atoms with Crippen LogP contribution in [0.3, 0.4) is 0 Å². The van der Waals surface area contributed by atoms with Gasteiger partial charge < -0.3 is 9.80 Å². The maximum absolute atomic E-state index is 3.14. The van der Waals surface area contributed by atoms with Gasteiger partial charge in [0.25, 0.3) is 0 Å². The molecule has 0 radical (unpaired) electrons. The third kappa shape index (κ3) is 13.1. The van der Waals surface area contributed by atoms with Crippen LogP contribution in [0.15, 0.2) is 48.5 Å². The number of anilines is 2. The topological polar surface area (TPSA) is 6.48 Å². The Morgan fingerprint density at radius 3 is 0.776 bits per heavy atom. The fourth-order valence-electron chi connectivity index (χ4n) is 10.3. The molecule has 0 aromatic heterocycles. The maximum atomic E-state index is 3.14. The fraction of sp³-hybridized carbons (Fsp3) is 0.787. The van der Waals surface area contributed by atoms with Gasteiger partial charge in [-0.15, -0.1) is 0 Å². The molecule has 0 bridgehead atoms. The van der Waals surface area contributed by atoms with Crippen LogP contribution in [0.25, 0.3) is 0 Å². The lowest BCUT2D eigenvalue weighted by atomic mass is 9.84. The number of rotatable bonds is 2. The zero-order valence-electron chi connectivity index (χ0n) is 32.2. The smallest absolute Gasteiger partial charge is 0.0610 e. The number of nitrogens with zero attached hydrogens (tertiary/aromatic N) is 2. The van der Waals surface area contributed by atoms with Crippen molar-refractivity contribution >= 4 is 11.4 Å². The number of hydrogen-bond donors (Lipinski definition) is 0. The van der Waals surface area contributed by atoms with E-state index in [1.54, 1.807) is 11.4 Å². The van der Waals surface area contributed by atoms with Gasteiger partial charge in [-0.3, -0.25) is 0 Å². The van der Waals surface area contributed by atoms with Gasteiger partial charge in [0.2, 0.25) is 0 Å². The van der Waals surface area contributed by atoms with Gasteiger partial charge in [-0.05, 0) is 50.7 Å². The lowest BCUT2D eigenvalue weighted by Crippen LogP contribution is -2.61. The standard InChI is InChI=1S/C47H78N2/c1-2-5-11-19-27-35-42(34-26-18-10-4-1)48-44-38-30-22-14-8-9-15-23-31-39-45(44)49(47-41-33-25-17-16-24-32-40-46(47)48)43-36-28-20-12-6-3-7-13-21-29-37-43/h16-17,24-25,32-33,40-45H,1-15,18-23,26-31,34-39H2. The molecule has 0 saturated heterocycles. The zero-order valence-corrected chi connectivity index (χ0v) is 32.2. The number of fused-ring (bicyclic) bond motifs is 2. The average Bonchev–Trinajstić information content (AvgIpc) is 3.13. The molecule has 2 atom stereocenters. The van der Waals surface area contributed by atoms with Crippen LogP contribution >= 0.6 is 0 Å². The van der Waals surface area contributed by atoms with E-state index in [4.69, 9.17) is 0 Å². The molecule has 3 saturated carbocycles. The predicted molar refractivity (Wildman–Crippen MR) is 217 cm³/mol. The quantitative estimate of drug-likeness (QED) is 0.309. The van der Waals surface area contributed by atoms with Crippen LogP contribution in [0.1, 0.15) is 212 Å². The molecule has 49 heavy (non-hydrogen) atoms. The van der Waals surface area contributed by atoms with Crippen LogP contribution in [0.4, 0.5) is 11.4 Å². The second-order valence-corrected chi connectivity index (χ2v) is 16.8. The van der Waals surface area contributed by atoms with Crippen molar-refractivity contribution in [2.75, 3.05) is 9.80 Å². The third-order valence-electron chi connectivity index (χ3n) is 13.0. The van der Waals surface area contributed by atoms with Gasteiger partial charge in [0.05, 0.1) is 11.4 Å². The van der Waals surface area contributed by atoms with Crippen molar-refractivity contribution in [3.8, 4) is 0 Å². The Kier molecular flexibility index (Phi) is 18.6.